The van der Waals surface area contributed by atoms with Crippen molar-refractivity contribution in [3.05, 3.63) is 46.5 Å². The molecular weight excluding hydrogens is 346 g/mol. The van der Waals surface area contributed by atoms with E-state index < -0.39 is 0 Å². The summed E-state index contributed by atoms with van der Waals surface area (Å²) in [5, 5.41) is 2.81. The fraction of sp³-hybridized carbons (Fsp3) is 0.450. The van der Waals surface area contributed by atoms with Crippen molar-refractivity contribution in [3.63, 3.8) is 0 Å². The van der Waals surface area contributed by atoms with Crippen LogP contribution in [-0.2, 0) is 13.1 Å². The third-order valence-electron chi connectivity index (χ3n) is 5.42. The summed E-state index contributed by atoms with van der Waals surface area (Å²) >= 11 is 0. The topological polar surface area (TPSA) is 84.7 Å². The molecule has 0 atom stereocenters. The highest BCUT2D eigenvalue weighted by Crippen LogP contribution is 2.33. The molecular formula is C20H23N3O4. The first kappa shape index (κ1) is 17.6. The highest BCUT2D eigenvalue weighted by molar-refractivity contribution is 5.98. The number of amides is 2. The molecule has 0 unspecified atom stereocenters. The van der Waals surface area contributed by atoms with E-state index in [1.807, 2.05) is 11.8 Å². The maximum absolute atomic E-state index is 12.8. The zero-order valence-electron chi connectivity index (χ0n) is 15.6. The lowest BCUT2D eigenvalue weighted by molar-refractivity contribution is 0.0706. The molecule has 2 amide bonds. The maximum atomic E-state index is 12.8. The summed E-state index contributed by atoms with van der Waals surface area (Å²) in [6, 6.07) is 3.85. The van der Waals surface area contributed by atoms with Crippen molar-refractivity contribution in [1.29, 1.82) is 0 Å². The second kappa shape index (κ2) is 7.06. The SMILES string of the molecule is COc1nc2c(cc1CNC(=O)c1occc1C)C(=O)N(C1CCCC1)C2. The third kappa shape index (κ3) is 3.18. The summed E-state index contributed by atoms with van der Waals surface area (Å²) in [7, 11) is 1.54. The van der Waals surface area contributed by atoms with Gasteiger partial charge in [-0.1, -0.05) is 12.8 Å². The van der Waals surface area contributed by atoms with Gasteiger partial charge in [-0.3, -0.25) is 9.59 Å². The molecule has 0 radical (unpaired) electrons. The van der Waals surface area contributed by atoms with E-state index in [4.69, 9.17) is 9.15 Å². The number of ether oxygens (including phenoxy) is 1. The lowest BCUT2D eigenvalue weighted by Crippen LogP contribution is -2.33. The number of nitrogens with zero attached hydrogens (tertiary/aromatic N) is 2. The minimum Gasteiger partial charge on any atom is -0.481 e. The Hall–Kier alpha value is -2.83. The molecule has 1 aliphatic carbocycles. The fourth-order valence-electron chi connectivity index (χ4n) is 3.94. The number of rotatable bonds is 5. The van der Waals surface area contributed by atoms with Gasteiger partial charge >= 0.3 is 0 Å². The molecule has 1 N–H and O–H groups in total. The van der Waals surface area contributed by atoms with E-state index in [0.717, 1.165) is 24.1 Å². The number of hydrogen-bond acceptors (Lipinski definition) is 5. The van der Waals surface area contributed by atoms with Crippen LogP contribution in [0.5, 0.6) is 5.88 Å². The number of aromatic nitrogens is 1. The van der Waals surface area contributed by atoms with Gasteiger partial charge in [0.25, 0.3) is 11.8 Å². The largest absolute Gasteiger partial charge is 0.481 e. The minimum absolute atomic E-state index is 0.0292. The van der Waals surface area contributed by atoms with Crippen LogP contribution in [0.2, 0.25) is 0 Å². The molecule has 2 aliphatic rings. The van der Waals surface area contributed by atoms with Gasteiger partial charge in [0.1, 0.15) is 0 Å². The molecule has 0 spiro atoms. The van der Waals surface area contributed by atoms with Crippen LogP contribution >= 0.6 is 0 Å². The van der Waals surface area contributed by atoms with Crippen molar-refractivity contribution in [3.8, 4) is 5.88 Å². The van der Waals surface area contributed by atoms with Crippen molar-refractivity contribution >= 4 is 11.8 Å². The van der Waals surface area contributed by atoms with Gasteiger partial charge in [0.2, 0.25) is 5.88 Å². The molecule has 142 valence electrons. The summed E-state index contributed by atoms with van der Waals surface area (Å²) in [6.45, 7) is 2.55. The standard InChI is InChI=1S/C20H23N3O4/c1-12-7-8-27-17(12)18(24)21-10-13-9-15-16(22-19(13)26-2)11-23(20(15)25)14-5-3-4-6-14/h7-9,14H,3-6,10-11H2,1-2H3,(H,21,24). The predicted octanol–water partition coefficient (Wildman–Crippen LogP) is 2.82. The number of pyridine rings is 1. The Kier molecular flexibility index (Phi) is 4.59. The number of aryl methyl sites for hydroxylation is 1. The average Bonchev–Trinajstić information content (AvgIpc) is 3.40. The van der Waals surface area contributed by atoms with Crippen LogP contribution in [0.25, 0.3) is 0 Å². The van der Waals surface area contributed by atoms with Crippen LogP contribution in [0, 0.1) is 6.92 Å². The summed E-state index contributed by atoms with van der Waals surface area (Å²) in [5.41, 5.74) is 2.81. The van der Waals surface area contributed by atoms with Crippen molar-refractivity contribution in [1.82, 2.24) is 15.2 Å². The van der Waals surface area contributed by atoms with Crippen LogP contribution in [0.15, 0.2) is 22.8 Å². The Morgan fingerprint density at radius 2 is 2.19 bits per heavy atom. The molecule has 2 aromatic rings. The molecule has 27 heavy (non-hydrogen) atoms. The van der Waals surface area contributed by atoms with Crippen molar-refractivity contribution in [2.75, 3.05) is 7.11 Å². The summed E-state index contributed by atoms with van der Waals surface area (Å²) in [4.78, 5) is 31.6. The Labute approximate surface area is 157 Å². The van der Waals surface area contributed by atoms with Gasteiger partial charge in [-0.15, -0.1) is 0 Å². The molecule has 1 saturated carbocycles. The minimum atomic E-state index is -0.307. The molecule has 0 saturated heterocycles. The monoisotopic (exact) mass is 369 g/mol. The molecule has 1 fully saturated rings. The first-order valence-corrected chi connectivity index (χ1v) is 9.28. The van der Waals surface area contributed by atoms with Crippen molar-refractivity contribution in [2.24, 2.45) is 0 Å². The van der Waals surface area contributed by atoms with Gasteiger partial charge in [0.15, 0.2) is 5.76 Å². The second-order valence-corrected chi connectivity index (χ2v) is 7.14. The van der Waals surface area contributed by atoms with E-state index in [2.05, 4.69) is 10.3 Å². The smallest absolute Gasteiger partial charge is 0.287 e. The van der Waals surface area contributed by atoms with E-state index >= 15 is 0 Å². The van der Waals surface area contributed by atoms with Crippen LogP contribution in [0.3, 0.4) is 0 Å². The fourth-order valence-corrected chi connectivity index (χ4v) is 3.94. The average molecular weight is 369 g/mol. The summed E-state index contributed by atoms with van der Waals surface area (Å²) < 4.78 is 10.6. The lowest BCUT2D eigenvalue weighted by atomic mass is 10.1. The molecule has 0 aromatic carbocycles. The van der Waals surface area contributed by atoms with Gasteiger partial charge in [-0.25, -0.2) is 4.98 Å². The number of carbonyl (C=O) groups excluding carboxylic acids is 2. The van der Waals surface area contributed by atoms with Gasteiger partial charge < -0.3 is 19.4 Å². The molecule has 0 bridgehead atoms. The number of nitrogens with one attached hydrogen (secondary N) is 1. The van der Waals surface area contributed by atoms with E-state index in [9.17, 15) is 9.59 Å². The van der Waals surface area contributed by atoms with E-state index in [1.54, 1.807) is 19.2 Å². The zero-order chi connectivity index (χ0) is 19.0. The molecule has 3 heterocycles. The Morgan fingerprint density at radius 1 is 1.41 bits per heavy atom. The first-order chi connectivity index (χ1) is 13.1. The molecule has 4 rings (SSSR count). The molecule has 7 nitrogen and oxygen atoms in total. The Morgan fingerprint density at radius 3 is 2.85 bits per heavy atom. The van der Waals surface area contributed by atoms with Crippen LogP contribution in [-0.4, -0.2) is 34.8 Å². The highest BCUT2D eigenvalue weighted by atomic mass is 16.5. The van der Waals surface area contributed by atoms with Gasteiger partial charge in [-0.2, -0.15) is 0 Å². The second-order valence-electron chi connectivity index (χ2n) is 7.14. The van der Waals surface area contributed by atoms with Gasteiger partial charge in [-0.05, 0) is 31.9 Å². The lowest BCUT2D eigenvalue weighted by Gasteiger charge is -2.22. The molecule has 2 aromatic heterocycles. The number of furan rings is 1. The number of carbonyl (C=O) groups is 2. The van der Waals surface area contributed by atoms with Crippen LogP contribution < -0.4 is 10.1 Å². The number of fused-ring (bicyclic) bond motifs is 1. The highest BCUT2D eigenvalue weighted by Gasteiger charge is 2.36. The van der Waals surface area contributed by atoms with Crippen LogP contribution in [0.1, 0.15) is 63.4 Å². The normalized spacial score (nSPS) is 16.7. The van der Waals surface area contributed by atoms with E-state index in [-0.39, 0.29) is 24.1 Å². The molecule has 1 aliphatic heterocycles. The molecule has 7 heteroatoms. The number of hydrogen-bond donors (Lipinski definition) is 1. The van der Waals surface area contributed by atoms with Crippen molar-refractivity contribution < 1.29 is 18.7 Å². The third-order valence-corrected chi connectivity index (χ3v) is 5.42. The first-order valence-electron chi connectivity index (χ1n) is 9.28. The summed E-state index contributed by atoms with van der Waals surface area (Å²) in [6.07, 6.45) is 5.94. The quantitative estimate of drug-likeness (QED) is 0.876. The van der Waals surface area contributed by atoms with E-state index in [1.165, 1.54) is 19.1 Å². The van der Waals surface area contributed by atoms with E-state index in [0.29, 0.717) is 29.6 Å². The summed E-state index contributed by atoms with van der Waals surface area (Å²) in [5.74, 6) is 0.443. The van der Waals surface area contributed by atoms with Crippen LogP contribution in [0.4, 0.5) is 0 Å². The Bertz CT molecular complexity index is 883. The number of methoxy groups -OCH3 is 1. The zero-order valence-corrected chi connectivity index (χ0v) is 15.6. The Balaban J connectivity index is 1.54. The maximum Gasteiger partial charge on any atom is 0.287 e. The predicted molar refractivity (Wildman–Crippen MR) is 97.5 cm³/mol. The van der Waals surface area contributed by atoms with Gasteiger partial charge in [0.05, 0.1) is 31.2 Å². The van der Waals surface area contributed by atoms with Gasteiger partial charge in [0, 0.05) is 23.7 Å². The van der Waals surface area contributed by atoms with Crippen molar-refractivity contribution in [2.45, 2.75) is 51.7 Å².